The highest BCUT2D eigenvalue weighted by atomic mass is 16.6. The molecule has 7 nitrogen and oxygen atoms in total. The van der Waals surface area contributed by atoms with Crippen LogP contribution in [0.15, 0.2) is 18.2 Å². The first-order chi connectivity index (χ1) is 12.0. The number of anilines is 1. The molecule has 1 unspecified atom stereocenters. The van der Waals surface area contributed by atoms with E-state index in [4.69, 9.17) is 0 Å². The van der Waals surface area contributed by atoms with Crippen LogP contribution >= 0.6 is 0 Å². The predicted octanol–water partition coefficient (Wildman–Crippen LogP) is 3.02. The molecule has 0 bridgehead atoms. The van der Waals surface area contributed by atoms with E-state index in [1.165, 1.54) is 18.6 Å². The lowest BCUT2D eigenvalue weighted by Crippen LogP contribution is -2.38. The van der Waals surface area contributed by atoms with E-state index in [9.17, 15) is 19.7 Å². The average molecular weight is 345 g/mol. The highest BCUT2D eigenvalue weighted by molar-refractivity contribution is 5.98. The summed E-state index contributed by atoms with van der Waals surface area (Å²) in [7, 11) is 0. The minimum atomic E-state index is -0.487. The molecule has 7 heteroatoms. The summed E-state index contributed by atoms with van der Waals surface area (Å²) >= 11 is 0. The van der Waals surface area contributed by atoms with E-state index in [0.29, 0.717) is 12.2 Å². The van der Waals surface area contributed by atoms with Gasteiger partial charge in [-0.1, -0.05) is 25.3 Å². The number of rotatable bonds is 4. The maximum atomic E-state index is 12.6. The molecular formula is C18H23N3O4. The van der Waals surface area contributed by atoms with E-state index in [2.05, 4.69) is 5.32 Å². The Kier molecular flexibility index (Phi) is 5.01. The minimum Gasteiger partial charge on any atom is -0.339 e. The van der Waals surface area contributed by atoms with E-state index in [1.54, 1.807) is 13.0 Å². The third-order valence-corrected chi connectivity index (χ3v) is 5.23. The minimum absolute atomic E-state index is 0.0443. The Morgan fingerprint density at radius 3 is 2.68 bits per heavy atom. The molecule has 3 rings (SSSR count). The normalized spacial score (nSPS) is 21.4. The molecule has 134 valence electrons. The van der Waals surface area contributed by atoms with Crippen LogP contribution in [0.2, 0.25) is 0 Å². The number of non-ortho nitro benzene ring substituents is 1. The van der Waals surface area contributed by atoms with Crippen molar-refractivity contribution in [2.45, 2.75) is 51.5 Å². The van der Waals surface area contributed by atoms with Crippen molar-refractivity contribution in [2.75, 3.05) is 11.9 Å². The van der Waals surface area contributed by atoms with Crippen molar-refractivity contribution in [1.82, 2.24) is 4.90 Å². The van der Waals surface area contributed by atoms with Crippen LogP contribution < -0.4 is 5.32 Å². The van der Waals surface area contributed by atoms with Gasteiger partial charge in [0.1, 0.15) is 0 Å². The summed E-state index contributed by atoms with van der Waals surface area (Å²) in [5.41, 5.74) is 1.13. The molecule has 0 aromatic heterocycles. The number of carbonyl (C=O) groups excluding carboxylic acids is 2. The molecule has 1 aliphatic carbocycles. The van der Waals surface area contributed by atoms with Gasteiger partial charge in [0.2, 0.25) is 11.8 Å². The molecule has 2 aliphatic rings. The van der Waals surface area contributed by atoms with Gasteiger partial charge < -0.3 is 10.2 Å². The van der Waals surface area contributed by atoms with Crippen molar-refractivity contribution in [3.05, 3.63) is 33.9 Å². The Hall–Kier alpha value is -2.44. The summed E-state index contributed by atoms with van der Waals surface area (Å²) in [6.07, 6.45) is 5.75. The number of hydrogen-bond donors (Lipinski definition) is 1. The van der Waals surface area contributed by atoms with E-state index >= 15 is 0 Å². The lowest BCUT2D eigenvalue weighted by Gasteiger charge is -2.31. The molecule has 2 fully saturated rings. The third kappa shape index (κ3) is 3.81. The third-order valence-electron chi connectivity index (χ3n) is 5.23. The van der Waals surface area contributed by atoms with Crippen LogP contribution in [-0.4, -0.2) is 34.2 Å². The molecule has 0 radical (unpaired) electrons. The van der Waals surface area contributed by atoms with Crippen LogP contribution in [0.3, 0.4) is 0 Å². The van der Waals surface area contributed by atoms with Gasteiger partial charge in [-0.3, -0.25) is 19.7 Å². The molecule has 0 spiro atoms. The Morgan fingerprint density at radius 2 is 2.00 bits per heavy atom. The fraction of sp³-hybridized carbons (Fsp3) is 0.556. The van der Waals surface area contributed by atoms with Gasteiger partial charge in [0, 0.05) is 31.1 Å². The zero-order valence-corrected chi connectivity index (χ0v) is 14.4. The van der Waals surface area contributed by atoms with Gasteiger partial charge in [-0.25, -0.2) is 0 Å². The van der Waals surface area contributed by atoms with Crippen LogP contribution in [0.1, 0.15) is 44.1 Å². The molecule has 1 heterocycles. The van der Waals surface area contributed by atoms with Crippen molar-refractivity contribution in [3.63, 3.8) is 0 Å². The fourth-order valence-corrected chi connectivity index (χ4v) is 3.75. The molecule has 1 aliphatic heterocycles. The molecule has 1 aromatic carbocycles. The zero-order chi connectivity index (χ0) is 18.0. The smallest absolute Gasteiger partial charge is 0.271 e. The summed E-state index contributed by atoms with van der Waals surface area (Å²) in [4.78, 5) is 37.2. The van der Waals surface area contributed by atoms with Crippen LogP contribution in [0.4, 0.5) is 11.4 Å². The van der Waals surface area contributed by atoms with Crippen molar-refractivity contribution in [1.29, 1.82) is 0 Å². The van der Waals surface area contributed by atoms with E-state index in [1.807, 2.05) is 4.90 Å². The molecule has 1 saturated carbocycles. The molecule has 1 atom stereocenters. The summed E-state index contributed by atoms with van der Waals surface area (Å²) in [5, 5.41) is 13.7. The van der Waals surface area contributed by atoms with Gasteiger partial charge in [-0.2, -0.15) is 0 Å². The van der Waals surface area contributed by atoms with E-state index in [-0.39, 0.29) is 30.0 Å². The standard InChI is InChI=1S/C18H23N3O4/c1-12-7-8-15(21(24)25)10-16(12)19-18(23)13-9-17(22)20(11-13)14-5-3-2-4-6-14/h7-8,10,13-14H,2-6,9,11H2,1H3,(H,19,23). The van der Waals surface area contributed by atoms with Gasteiger partial charge in [0.25, 0.3) is 5.69 Å². The predicted molar refractivity (Wildman–Crippen MR) is 93.2 cm³/mol. The second-order valence-electron chi connectivity index (χ2n) is 6.98. The highest BCUT2D eigenvalue weighted by Crippen LogP contribution is 2.30. The molecular weight excluding hydrogens is 322 g/mol. The number of nitro groups is 1. The van der Waals surface area contributed by atoms with Crippen LogP contribution in [0.5, 0.6) is 0 Å². The molecule has 25 heavy (non-hydrogen) atoms. The molecule has 1 saturated heterocycles. The summed E-state index contributed by atoms with van der Waals surface area (Å²) < 4.78 is 0. The second-order valence-corrected chi connectivity index (χ2v) is 6.98. The molecule has 2 amide bonds. The first kappa shape index (κ1) is 17.4. The van der Waals surface area contributed by atoms with Gasteiger partial charge in [-0.15, -0.1) is 0 Å². The largest absolute Gasteiger partial charge is 0.339 e. The van der Waals surface area contributed by atoms with Crippen molar-refractivity contribution in [3.8, 4) is 0 Å². The number of nitrogens with one attached hydrogen (secondary N) is 1. The Morgan fingerprint density at radius 1 is 1.28 bits per heavy atom. The van der Waals surface area contributed by atoms with Crippen molar-refractivity contribution < 1.29 is 14.5 Å². The number of nitro benzene ring substituents is 1. The monoisotopic (exact) mass is 345 g/mol. The Labute approximate surface area is 146 Å². The number of amides is 2. The maximum Gasteiger partial charge on any atom is 0.271 e. The average Bonchev–Trinajstić information content (AvgIpc) is 2.99. The Bertz CT molecular complexity index is 698. The van der Waals surface area contributed by atoms with Crippen LogP contribution in [0.25, 0.3) is 0 Å². The fourth-order valence-electron chi connectivity index (χ4n) is 3.75. The van der Waals surface area contributed by atoms with Gasteiger partial charge in [-0.05, 0) is 25.3 Å². The molecule has 1 aromatic rings. The maximum absolute atomic E-state index is 12.6. The number of aryl methyl sites for hydroxylation is 1. The topological polar surface area (TPSA) is 92.5 Å². The SMILES string of the molecule is Cc1ccc([N+](=O)[O-])cc1NC(=O)C1CC(=O)N(C2CCCCC2)C1. The van der Waals surface area contributed by atoms with Crippen LogP contribution in [-0.2, 0) is 9.59 Å². The van der Waals surface area contributed by atoms with Crippen molar-refractivity contribution in [2.24, 2.45) is 5.92 Å². The lowest BCUT2D eigenvalue weighted by atomic mass is 9.94. The number of likely N-dealkylation sites (tertiary alicyclic amines) is 1. The van der Waals surface area contributed by atoms with Crippen molar-refractivity contribution >= 4 is 23.2 Å². The van der Waals surface area contributed by atoms with Gasteiger partial charge in [0.05, 0.1) is 16.5 Å². The number of hydrogen-bond acceptors (Lipinski definition) is 4. The second kappa shape index (κ2) is 7.21. The number of carbonyl (C=O) groups is 2. The summed E-state index contributed by atoms with van der Waals surface area (Å²) in [5.74, 6) is -0.592. The quantitative estimate of drug-likeness (QED) is 0.670. The summed E-state index contributed by atoms with van der Waals surface area (Å²) in [6.45, 7) is 2.23. The van der Waals surface area contributed by atoms with Gasteiger partial charge >= 0.3 is 0 Å². The van der Waals surface area contributed by atoms with E-state index < -0.39 is 10.8 Å². The number of benzene rings is 1. The molecule has 1 N–H and O–H groups in total. The first-order valence-corrected chi connectivity index (χ1v) is 8.81. The van der Waals surface area contributed by atoms with Gasteiger partial charge in [0.15, 0.2) is 0 Å². The number of nitrogens with zero attached hydrogens (tertiary/aromatic N) is 2. The summed E-state index contributed by atoms with van der Waals surface area (Å²) in [6, 6.07) is 4.65. The lowest BCUT2D eigenvalue weighted by molar-refractivity contribution is -0.384. The van der Waals surface area contributed by atoms with E-state index in [0.717, 1.165) is 31.2 Å². The Balaban J connectivity index is 1.67. The first-order valence-electron chi connectivity index (χ1n) is 8.81. The zero-order valence-electron chi connectivity index (χ0n) is 14.4. The highest BCUT2D eigenvalue weighted by Gasteiger charge is 2.38. The van der Waals surface area contributed by atoms with Crippen LogP contribution in [0, 0.1) is 23.0 Å².